The van der Waals surface area contributed by atoms with Crippen molar-refractivity contribution in [1.29, 1.82) is 0 Å². The van der Waals surface area contributed by atoms with Gasteiger partial charge in [0.2, 0.25) is 0 Å². The molecule has 2 heteroatoms. The van der Waals surface area contributed by atoms with Crippen molar-refractivity contribution in [2.24, 2.45) is 10.9 Å². The van der Waals surface area contributed by atoms with Crippen LogP contribution in [0.2, 0.25) is 0 Å². The number of aliphatic imine (C=N–C) groups is 1. The van der Waals surface area contributed by atoms with Crippen molar-refractivity contribution < 1.29 is 4.79 Å². The quantitative estimate of drug-likeness (QED) is 0.766. The number of aryl methyl sites for hydroxylation is 1. The number of benzene rings is 1. The Morgan fingerprint density at radius 1 is 1.39 bits per heavy atom. The summed E-state index contributed by atoms with van der Waals surface area (Å²) >= 11 is 0. The molecular weight excluding hydrogens is 222 g/mol. The largest absolute Gasteiger partial charge is 0.299 e. The highest BCUT2D eigenvalue weighted by Gasteiger charge is 2.26. The van der Waals surface area contributed by atoms with E-state index in [2.05, 4.69) is 30.6 Å². The molecule has 0 radical (unpaired) electrons. The minimum absolute atomic E-state index is 0.00822. The van der Waals surface area contributed by atoms with Gasteiger partial charge in [-0.3, -0.25) is 9.79 Å². The number of carbonyl (C=O) groups is 1. The molecule has 1 aromatic rings. The van der Waals surface area contributed by atoms with Crippen molar-refractivity contribution in [2.45, 2.75) is 33.6 Å². The van der Waals surface area contributed by atoms with E-state index in [0.29, 0.717) is 12.2 Å². The second-order valence-corrected chi connectivity index (χ2v) is 5.07. The standard InChI is InChI=1S/C16H19NO/c1-10(2)14-6-5-13(9-11(14)3)17-15-7-8-16(18)12(15)4/h5-6,9,12H,1,7-8H2,2-4H3. The molecule has 0 heterocycles. The fraction of sp³-hybridized carbons (Fsp3) is 0.375. The highest BCUT2D eigenvalue weighted by atomic mass is 16.1. The molecule has 1 fully saturated rings. The predicted molar refractivity (Wildman–Crippen MR) is 76.4 cm³/mol. The average Bonchev–Trinajstić information content (AvgIpc) is 2.61. The molecule has 1 aliphatic rings. The molecule has 0 saturated heterocycles. The van der Waals surface area contributed by atoms with Crippen LogP contribution in [0.3, 0.4) is 0 Å². The lowest BCUT2D eigenvalue weighted by atomic mass is 10.0. The molecule has 0 bridgehead atoms. The summed E-state index contributed by atoms with van der Waals surface area (Å²) in [6.07, 6.45) is 1.45. The molecule has 1 aromatic carbocycles. The lowest BCUT2D eigenvalue weighted by molar-refractivity contribution is -0.119. The van der Waals surface area contributed by atoms with E-state index in [-0.39, 0.29) is 5.92 Å². The van der Waals surface area contributed by atoms with Crippen LogP contribution in [0.5, 0.6) is 0 Å². The number of hydrogen-bond acceptors (Lipinski definition) is 2. The Hall–Kier alpha value is -1.70. The molecule has 1 atom stereocenters. The first-order valence-electron chi connectivity index (χ1n) is 6.35. The highest BCUT2D eigenvalue weighted by molar-refractivity contribution is 6.11. The Morgan fingerprint density at radius 3 is 2.61 bits per heavy atom. The fourth-order valence-electron chi connectivity index (χ4n) is 2.38. The van der Waals surface area contributed by atoms with E-state index < -0.39 is 0 Å². The van der Waals surface area contributed by atoms with E-state index in [4.69, 9.17) is 0 Å². The van der Waals surface area contributed by atoms with Crippen LogP contribution in [-0.4, -0.2) is 11.5 Å². The second kappa shape index (κ2) is 4.89. The van der Waals surface area contributed by atoms with Crippen LogP contribution in [-0.2, 0) is 4.79 Å². The van der Waals surface area contributed by atoms with E-state index in [0.717, 1.165) is 23.4 Å². The monoisotopic (exact) mass is 241 g/mol. The van der Waals surface area contributed by atoms with Crippen LogP contribution in [0, 0.1) is 12.8 Å². The van der Waals surface area contributed by atoms with Crippen molar-refractivity contribution in [3.05, 3.63) is 35.9 Å². The third-order valence-electron chi connectivity index (χ3n) is 3.55. The molecule has 0 N–H and O–H groups in total. The van der Waals surface area contributed by atoms with Gasteiger partial charge >= 0.3 is 0 Å². The molecular formula is C16H19NO. The SMILES string of the molecule is C=C(C)c1ccc(N=C2CCC(=O)C2C)cc1C. The summed E-state index contributed by atoms with van der Waals surface area (Å²) in [6, 6.07) is 6.12. The van der Waals surface area contributed by atoms with E-state index in [1.54, 1.807) is 0 Å². The van der Waals surface area contributed by atoms with Gasteiger partial charge in [0.05, 0.1) is 11.6 Å². The Labute approximate surface area is 108 Å². The second-order valence-electron chi connectivity index (χ2n) is 5.07. The van der Waals surface area contributed by atoms with Crippen LogP contribution in [0.4, 0.5) is 5.69 Å². The maximum Gasteiger partial charge on any atom is 0.141 e. The molecule has 0 aromatic heterocycles. The van der Waals surface area contributed by atoms with Crippen molar-refractivity contribution >= 4 is 22.8 Å². The van der Waals surface area contributed by atoms with Gasteiger partial charge in [0.15, 0.2) is 0 Å². The fourth-order valence-corrected chi connectivity index (χ4v) is 2.38. The number of carbonyl (C=O) groups excluding carboxylic acids is 1. The number of nitrogens with zero attached hydrogens (tertiary/aromatic N) is 1. The summed E-state index contributed by atoms with van der Waals surface area (Å²) < 4.78 is 0. The molecule has 1 unspecified atom stereocenters. The normalized spacial score (nSPS) is 21.6. The summed E-state index contributed by atoms with van der Waals surface area (Å²) in [6.45, 7) is 9.98. The topological polar surface area (TPSA) is 29.4 Å². The average molecular weight is 241 g/mol. The van der Waals surface area contributed by atoms with Crippen LogP contribution in [0.15, 0.2) is 29.8 Å². The van der Waals surface area contributed by atoms with Crippen LogP contribution in [0.1, 0.15) is 37.8 Å². The van der Waals surface area contributed by atoms with Gasteiger partial charge in [0.1, 0.15) is 5.78 Å². The van der Waals surface area contributed by atoms with E-state index >= 15 is 0 Å². The highest BCUT2D eigenvalue weighted by Crippen LogP contribution is 2.26. The zero-order valence-corrected chi connectivity index (χ0v) is 11.3. The molecule has 2 rings (SSSR count). The Kier molecular flexibility index (Phi) is 3.46. The van der Waals surface area contributed by atoms with Gasteiger partial charge < -0.3 is 0 Å². The smallest absolute Gasteiger partial charge is 0.141 e. The molecule has 1 aliphatic carbocycles. The van der Waals surface area contributed by atoms with E-state index in [1.807, 2.05) is 19.9 Å². The first-order valence-corrected chi connectivity index (χ1v) is 6.35. The molecule has 2 nitrogen and oxygen atoms in total. The summed E-state index contributed by atoms with van der Waals surface area (Å²) in [5.41, 5.74) is 5.38. The van der Waals surface area contributed by atoms with Crippen LogP contribution >= 0.6 is 0 Å². The molecule has 0 amide bonds. The van der Waals surface area contributed by atoms with Gasteiger partial charge in [0, 0.05) is 12.1 Å². The number of allylic oxidation sites excluding steroid dienone is 1. The van der Waals surface area contributed by atoms with Crippen LogP contribution < -0.4 is 0 Å². The zero-order valence-electron chi connectivity index (χ0n) is 11.3. The number of hydrogen-bond donors (Lipinski definition) is 0. The molecule has 1 saturated carbocycles. The molecule has 0 aliphatic heterocycles. The minimum Gasteiger partial charge on any atom is -0.299 e. The Balaban J connectivity index is 2.31. The Bertz CT molecular complexity index is 540. The third-order valence-corrected chi connectivity index (χ3v) is 3.55. The molecule has 18 heavy (non-hydrogen) atoms. The van der Waals surface area contributed by atoms with Gasteiger partial charge in [-0.05, 0) is 43.5 Å². The van der Waals surface area contributed by atoms with Gasteiger partial charge in [0.25, 0.3) is 0 Å². The zero-order chi connectivity index (χ0) is 13.3. The summed E-state index contributed by atoms with van der Waals surface area (Å²) in [4.78, 5) is 16.1. The maximum absolute atomic E-state index is 11.5. The van der Waals surface area contributed by atoms with E-state index in [9.17, 15) is 4.79 Å². The van der Waals surface area contributed by atoms with Crippen molar-refractivity contribution in [1.82, 2.24) is 0 Å². The number of rotatable bonds is 2. The third kappa shape index (κ3) is 2.42. The van der Waals surface area contributed by atoms with Gasteiger partial charge in [-0.15, -0.1) is 0 Å². The predicted octanol–water partition coefficient (Wildman–Crippen LogP) is 4.10. The lowest BCUT2D eigenvalue weighted by Gasteiger charge is -2.07. The summed E-state index contributed by atoms with van der Waals surface area (Å²) in [5, 5.41) is 0. The number of ketones is 1. The lowest BCUT2D eigenvalue weighted by Crippen LogP contribution is -2.09. The van der Waals surface area contributed by atoms with Crippen LogP contribution in [0.25, 0.3) is 5.57 Å². The van der Waals surface area contributed by atoms with Crippen molar-refractivity contribution in [3.63, 3.8) is 0 Å². The molecule has 0 spiro atoms. The molecule has 94 valence electrons. The maximum atomic E-state index is 11.5. The minimum atomic E-state index is -0.00822. The van der Waals surface area contributed by atoms with Crippen molar-refractivity contribution in [3.8, 4) is 0 Å². The van der Waals surface area contributed by atoms with Gasteiger partial charge in [-0.1, -0.05) is 25.1 Å². The van der Waals surface area contributed by atoms with Gasteiger partial charge in [-0.2, -0.15) is 0 Å². The first kappa shape index (κ1) is 12.7. The van der Waals surface area contributed by atoms with E-state index in [1.165, 1.54) is 11.1 Å². The van der Waals surface area contributed by atoms with Gasteiger partial charge in [-0.25, -0.2) is 0 Å². The summed E-state index contributed by atoms with van der Waals surface area (Å²) in [7, 11) is 0. The van der Waals surface area contributed by atoms with Crippen molar-refractivity contribution in [2.75, 3.05) is 0 Å². The summed E-state index contributed by atoms with van der Waals surface area (Å²) in [5.74, 6) is 0.301. The Morgan fingerprint density at radius 2 is 2.11 bits per heavy atom. The number of Topliss-reactive ketones (excluding diaryl/α,β-unsaturated/α-hetero) is 1. The first-order chi connectivity index (χ1) is 8.49.